The molecule has 2 aromatic rings. The highest BCUT2D eigenvalue weighted by molar-refractivity contribution is 7.99. The molecule has 0 saturated carbocycles. The SMILES string of the molecule is CNC(=O)[C@H](C)N(CCc1ccccc1)C(=O)CSCc1cccc(C)c1. The van der Waals surface area contributed by atoms with Crippen molar-refractivity contribution in [3.8, 4) is 0 Å². The molecule has 0 heterocycles. The molecular weight excluding hydrogens is 356 g/mol. The number of aryl methyl sites for hydroxylation is 1. The molecule has 0 unspecified atom stereocenters. The topological polar surface area (TPSA) is 49.4 Å². The fourth-order valence-electron chi connectivity index (χ4n) is 2.92. The Hall–Kier alpha value is -2.27. The Morgan fingerprint density at radius 1 is 1.07 bits per heavy atom. The number of carbonyl (C=O) groups is 2. The Balaban J connectivity index is 1.96. The average molecular weight is 385 g/mol. The van der Waals surface area contributed by atoms with Crippen molar-refractivity contribution in [1.82, 2.24) is 10.2 Å². The third kappa shape index (κ3) is 6.75. The molecule has 0 saturated heterocycles. The molecule has 2 rings (SSSR count). The van der Waals surface area contributed by atoms with Crippen molar-refractivity contribution in [2.75, 3.05) is 19.3 Å². The second-order valence-corrected chi connectivity index (χ2v) is 7.58. The van der Waals surface area contributed by atoms with E-state index in [0.717, 1.165) is 17.7 Å². The largest absolute Gasteiger partial charge is 0.357 e. The van der Waals surface area contributed by atoms with Crippen molar-refractivity contribution in [2.45, 2.75) is 32.1 Å². The van der Waals surface area contributed by atoms with E-state index in [1.165, 1.54) is 11.1 Å². The van der Waals surface area contributed by atoms with Crippen molar-refractivity contribution in [2.24, 2.45) is 0 Å². The predicted octanol–water partition coefficient (Wildman–Crippen LogP) is 3.43. The first-order chi connectivity index (χ1) is 13.0. The van der Waals surface area contributed by atoms with E-state index in [9.17, 15) is 9.59 Å². The summed E-state index contributed by atoms with van der Waals surface area (Å²) in [4.78, 5) is 26.6. The minimum absolute atomic E-state index is 0.000292. The fourth-order valence-corrected chi connectivity index (χ4v) is 3.78. The van der Waals surface area contributed by atoms with Crippen LogP contribution in [0.1, 0.15) is 23.6 Å². The molecule has 0 spiro atoms. The first-order valence-electron chi connectivity index (χ1n) is 9.19. The lowest BCUT2D eigenvalue weighted by molar-refractivity contribution is -0.137. The molecular formula is C22H28N2O2S. The molecule has 5 heteroatoms. The first kappa shape index (κ1) is 21.0. The Morgan fingerprint density at radius 3 is 2.44 bits per heavy atom. The van der Waals surface area contributed by atoms with Gasteiger partial charge in [-0.15, -0.1) is 11.8 Å². The Kier molecular flexibility index (Phi) is 8.40. The maximum atomic E-state index is 12.8. The van der Waals surface area contributed by atoms with Gasteiger partial charge in [0.05, 0.1) is 5.75 Å². The lowest BCUT2D eigenvalue weighted by atomic mass is 10.1. The van der Waals surface area contributed by atoms with Gasteiger partial charge >= 0.3 is 0 Å². The summed E-state index contributed by atoms with van der Waals surface area (Å²) in [6.45, 7) is 4.38. The zero-order valence-electron chi connectivity index (χ0n) is 16.3. The van der Waals surface area contributed by atoms with Gasteiger partial charge in [0.1, 0.15) is 6.04 Å². The summed E-state index contributed by atoms with van der Waals surface area (Å²) in [6.07, 6.45) is 0.733. The van der Waals surface area contributed by atoms with Crippen LogP contribution >= 0.6 is 11.8 Å². The van der Waals surface area contributed by atoms with Gasteiger partial charge in [-0.3, -0.25) is 9.59 Å². The van der Waals surface area contributed by atoms with Crippen LogP contribution in [0.4, 0.5) is 0 Å². The number of hydrogen-bond donors (Lipinski definition) is 1. The van der Waals surface area contributed by atoms with Gasteiger partial charge in [-0.1, -0.05) is 60.2 Å². The zero-order chi connectivity index (χ0) is 19.6. The minimum Gasteiger partial charge on any atom is -0.357 e. The zero-order valence-corrected chi connectivity index (χ0v) is 17.1. The number of amides is 2. The number of carbonyl (C=O) groups excluding carboxylic acids is 2. The highest BCUT2D eigenvalue weighted by Crippen LogP contribution is 2.15. The number of nitrogens with zero attached hydrogens (tertiary/aromatic N) is 1. The quantitative estimate of drug-likeness (QED) is 0.721. The summed E-state index contributed by atoms with van der Waals surface area (Å²) in [7, 11) is 1.60. The highest BCUT2D eigenvalue weighted by Gasteiger charge is 2.24. The Bertz CT molecular complexity index is 749. The molecule has 0 aliphatic rings. The molecule has 0 fully saturated rings. The van der Waals surface area contributed by atoms with Gasteiger partial charge in [0.25, 0.3) is 0 Å². The molecule has 0 bridgehead atoms. The molecule has 0 aliphatic carbocycles. The van der Waals surface area contributed by atoms with Gasteiger partial charge in [0.2, 0.25) is 11.8 Å². The second kappa shape index (κ2) is 10.8. The maximum absolute atomic E-state index is 12.8. The van der Waals surface area contributed by atoms with Crippen molar-refractivity contribution in [3.63, 3.8) is 0 Å². The Labute approximate surface area is 166 Å². The monoisotopic (exact) mass is 384 g/mol. The first-order valence-corrected chi connectivity index (χ1v) is 10.3. The van der Waals surface area contributed by atoms with Crippen molar-refractivity contribution in [1.29, 1.82) is 0 Å². The lowest BCUT2D eigenvalue weighted by Gasteiger charge is -2.28. The van der Waals surface area contributed by atoms with Gasteiger partial charge in [0, 0.05) is 19.3 Å². The van der Waals surface area contributed by atoms with E-state index in [0.29, 0.717) is 12.3 Å². The highest BCUT2D eigenvalue weighted by atomic mass is 32.2. The molecule has 2 aromatic carbocycles. The summed E-state index contributed by atoms with van der Waals surface area (Å²) < 4.78 is 0. The van der Waals surface area contributed by atoms with Crippen LogP contribution in [0.2, 0.25) is 0 Å². The molecule has 0 aromatic heterocycles. The summed E-state index contributed by atoms with van der Waals surface area (Å²) in [5.41, 5.74) is 3.59. The third-order valence-electron chi connectivity index (χ3n) is 4.47. The van der Waals surface area contributed by atoms with Crippen LogP contribution < -0.4 is 5.32 Å². The molecule has 27 heavy (non-hydrogen) atoms. The molecule has 0 radical (unpaired) electrons. The van der Waals surface area contributed by atoms with E-state index in [1.54, 1.807) is 30.6 Å². The van der Waals surface area contributed by atoms with Crippen LogP contribution in [-0.2, 0) is 21.8 Å². The van der Waals surface area contributed by atoms with Crippen LogP contribution in [0.3, 0.4) is 0 Å². The molecule has 1 N–H and O–H groups in total. The average Bonchev–Trinajstić information content (AvgIpc) is 2.68. The number of likely N-dealkylation sites (N-methyl/N-ethyl adjacent to an activating group) is 1. The van der Waals surface area contributed by atoms with Crippen molar-refractivity contribution < 1.29 is 9.59 Å². The smallest absolute Gasteiger partial charge is 0.242 e. The third-order valence-corrected chi connectivity index (χ3v) is 5.46. The van der Waals surface area contributed by atoms with Crippen LogP contribution in [0.5, 0.6) is 0 Å². The van der Waals surface area contributed by atoms with Gasteiger partial charge in [0.15, 0.2) is 0 Å². The maximum Gasteiger partial charge on any atom is 0.242 e. The van der Waals surface area contributed by atoms with Crippen LogP contribution in [-0.4, -0.2) is 42.1 Å². The normalized spacial score (nSPS) is 11.7. The summed E-state index contributed by atoms with van der Waals surface area (Å²) in [5, 5.41) is 2.65. The van der Waals surface area contributed by atoms with E-state index >= 15 is 0 Å². The molecule has 2 amide bonds. The predicted molar refractivity (Wildman–Crippen MR) is 113 cm³/mol. The molecule has 4 nitrogen and oxygen atoms in total. The minimum atomic E-state index is -0.481. The summed E-state index contributed by atoms with van der Waals surface area (Å²) in [5.74, 6) is 1.01. The number of rotatable bonds is 9. The second-order valence-electron chi connectivity index (χ2n) is 6.59. The van der Waals surface area contributed by atoms with E-state index in [1.807, 2.05) is 36.4 Å². The molecule has 0 aliphatic heterocycles. The number of thioether (sulfide) groups is 1. The number of hydrogen-bond acceptors (Lipinski definition) is 3. The van der Waals surface area contributed by atoms with Gasteiger partial charge in [-0.05, 0) is 31.4 Å². The standard InChI is InChI=1S/C22H28N2O2S/c1-17-8-7-11-20(14-17)15-27-16-21(25)24(18(2)22(26)23-3)13-12-19-9-5-4-6-10-19/h4-11,14,18H,12-13,15-16H2,1-3H3,(H,23,26)/t18-/m0/s1. The van der Waals surface area contributed by atoms with E-state index in [4.69, 9.17) is 0 Å². The fraction of sp³-hybridized carbons (Fsp3) is 0.364. The van der Waals surface area contributed by atoms with E-state index < -0.39 is 6.04 Å². The van der Waals surface area contributed by atoms with Crippen molar-refractivity contribution >= 4 is 23.6 Å². The Morgan fingerprint density at radius 2 is 1.78 bits per heavy atom. The van der Waals surface area contributed by atoms with E-state index in [2.05, 4.69) is 30.4 Å². The van der Waals surface area contributed by atoms with Gasteiger partial charge in [-0.25, -0.2) is 0 Å². The summed E-state index contributed by atoms with van der Waals surface area (Å²) in [6, 6.07) is 17.9. The number of nitrogens with one attached hydrogen (secondary N) is 1. The summed E-state index contributed by atoms with van der Waals surface area (Å²) >= 11 is 1.59. The van der Waals surface area contributed by atoms with Crippen LogP contribution in [0, 0.1) is 6.92 Å². The molecule has 1 atom stereocenters. The van der Waals surface area contributed by atoms with E-state index in [-0.39, 0.29) is 11.8 Å². The van der Waals surface area contributed by atoms with Crippen molar-refractivity contribution in [3.05, 3.63) is 71.3 Å². The van der Waals surface area contributed by atoms with Crippen LogP contribution in [0.15, 0.2) is 54.6 Å². The van der Waals surface area contributed by atoms with Crippen LogP contribution in [0.25, 0.3) is 0 Å². The van der Waals surface area contributed by atoms with Gasteiger partial charge in [-0.2, -0.15) is 0 Å². The lowest BCUT2D eigenvalue weighted by Crippen LogP contribution is -2.48. The molecule has 144 valence electrons. The number of benzene rings is 2. The van der Waals surface area contributed by atoms with Gasteiger partial charge < -0.3 is 10.2 Å².